The Morgan fingerprint density at radius 2 is 2.17 bits per heavy atom. The molecular weight excluding hydrogens is 308 g/mol. The number of ether oxygens (including phenoxy) is 2. The van der Waals surface area contributed by atoms with Crippen LogP contribution < -0.4 is 5.32 Å². The summed E-state index contributed by atoms with van der Waals surface area (Å²) in [6.07, 6.45) is 2.00. The van der Waals surface area contributed by atoms with Crippen molar-refractivity contribution in [3.63, 3.8) is 0 Å². The number of hydrogen-bond acceptors (Lipinski definition) is 4. The van der Waals surface area contributed by atoms with Gasteiger partial charge in [0, 0.05) is 52.3 Å². The zero-order chi connectivity index (χ0) is 17.8. The molecule has 0 aromatic rings. The molecule has 0 aromatic carbocycles. The molecular formula is C17H32N4O3. The van der Waals surface area contributed by atoms with Gasteiger partial charge < -0.3 is 24.6 Å². The summed E-state index contributed by atoms with van der Waals surface area (Å²) < 4.78 is 10.9. The van der Waals surface area contributed by atoms with Crippen LogP contribution in [0.3, 0.4) is 0 Å². The largest absolute Gasteiger partial charge is 0.444 e. The predicted octanol–water partition coefficient (Wildman–Crippen LogP) is 1.54. The SMILES string of the molecule is CN=C(NCCN(C)C(=O)OC(C)(C)C)N1CCC2(CCOC2)C1. The molecule has 1 spiro atoms. The second-order valence-electron chi connectivity index (χ2n) is 7.85. The maximum atomic E-state index is 12.0. The second kappa shape index (κ2) is 7.59. The fourth-order valence-corrected chi connectivity index (χ4v) is 3.19. The van der Waals surface area contributed by atoms with E-state index in [0.29, 0.717) is 18.5 Å². The number of rotatable bonds is 3. The molecule has 138 valence electrons. The lowest BCUT2D eigenvalue weighted by molar-refractivity contribution is 0.0302. The first-order chi connectivity index (χ1) is 11.2. The minimum atomic E-state index is -0.470. The van der Waals surface area contributed by atoms with E-state index < -0.39 is 5.60 Å². The van der Waals surface area contributed by atoms with Crippen molar-refractivity contribution in [2.75, 3.05) is 53.5 Å². The smallest absolute Gasteiger partial charge is 0.410 e. The lowest BCUT2D eigenvalue weighted by Crippen LogP contribution is -2.45. The number of hydrogen-bond donors (Lipinski definition) is 1. The van der Waals surface area contributed by atoms with Crippen LogP contribution in [0, 0.1) is 5.41 Å². The van der Waals surface area contributed by atoms with Gasteiger partial charge in [0.25, 0.3) is 0 Å². The van der Waals surface area contributed by atoms with Gasteiger partial charge in [-0.25, -0.2) is 4.79 Å². The fourth-order valence-electron chi connectivity index (χ4n) is 3.19. The molecule has 2 aliphatic rings. The molecule has 2 fully saturated rings. The van der Waals surface area contributed by atoms with Gasteiger partial charge in [-0.05, 0) is 33.6 Å². The van der Waals surface area contributed by atoms with E-state index in [9.17, 15) is 4.79 Å². The number of aliphatic imine (C=N–C) groups is 1. The summed E-state index contributed by atoms with van der Waals surface area (Å²) in [6.45, 7) is 10.6. The molecule has 2 rings (SSSR count). The monoisotopic (exact) mass is 340 g/mol. The zero-order valence-corrected chi connectivity index (χ0v) is 15.7. The number of likely N-dealkylation sites (tertiary alicyclic amines) is 1. The maximum absolute atomic E-state index is 12.0. The number of carbonyl (C=O) groups excluding carboxylic acids is 1. The molecule has 1 unspecified atom stereocenters. The van der Waals surface area contributed by atoms with Crippen molar-refractivity contribution in [2.24, 2.45) is 10.4 Å². The Morgan fingerprint density at radius 1 is 1.42 bits per heavy atom. The van der Waals surface area contributed by atoms with E-state index >= 15 is 0 Å². The topological polar surface area (TPSA) is 66.4 Å². The molecule has 1 atom stereocenters. The first-order valence-electron chi connectivity index (χ1n) is 8.72. The maximum Gasteiger partial charge on any atom is 0.410 e. The predicted molar refractivity (Wildman–Crippen MR) is 94.3 cm³/mol. The van der Waals surface area contributed by atoms with E-state index in [-0.39, 0.29) is 6.09 Å². The summed E-state index contributed by atoms with van der Waals surface area (Å²) in [5, 5.41) is 3.35. The lowest BCUT2D eigenvalue weighted by Gasteiger charge is -2.27. The fraction of sp³-hybridized carbons (Fsp3) is 0.882. The van der Waals surface area contributed by atoms with Crippen molar-refractivity contribution >= 4 is 12.1 Å². The van der Waals surface area contributed by atoms with E-state index in [2.05, 4.69) is 15.2 Å². The lowest BCUT2D eigenvalue weighted by atomic mass is 9.87. The van der Waals surface area contributed by atoms with Gasteiger partial charge in [-0.15, -0.1) is 0 Å². The summed E-state index contributed by atoms with van der Waals surface area (Å²) in [7, 11) is 3.55. The van der Waals surface area contributed by atoms with Crippen LogP contribution in [-0.2, 0) is 9.47 Å². The Hall–Kier alpha value is -1.50. The van der Waals surface area contributed by atoms with Gasteiger partial charge in [-0.2, -0.15) is 0 Å². The molecule has 2 aliphatic heterocycles. The quantitative estimate of drug-likeness (QED) is 0.624. The molecule has 0 aromatic heterocycles. The van der Waals surface area contributed by atoms with Crippen molar-refractivity contribution in [3.8, 4) is 0 Å². The molecule has 2 saturated heterocycles. The van der Waals surface area contributed by atoms with Gasteiger partial charge in [0.2, 0.25) is 0 Å². The summed E-state index contributed by atoms with van der Waals surface area (Å²) in [6, 6.07) is 0. The molecule has 0 radical (unpaired) electrons. The van der Waals surface area contributed by atoms with E-state index in [1.807, 2.05) is 20.8 Å². The van der Waals surface area contributed by atoms with Gasteiger partial charge in [-0.1, -0.05) is 0 Å². The molecule has 7 heteroatoms. The Labute approximate surface area is 145 Å². The zero-order valence-electron chi connectivity index (χ0n) is 15.7. The third-order valence-corrected chi connectivity index (χ3v) is 4.57. The van der Waals surface area contributed by atoms with Gasteiger partial charge in [0.1, 0.15) is 5.60 Å². The number of carbonyl (C=O) groups is 1. The molecule has 0 saturated carbocycles. The molecule has 0 bridgehead atoms. The molecule has 1 amide bonds. The van der Waals surface area contributed by atoms with Crippen LogP contribution in [0.2, 0.25) is 0 Å². The Morgan fingerprint density at radius 3 is 2.75 bits per heavy atom. The Bertz CT molecular complexity index is 467. The Kier molecular flexibility index (Phi) is 5.96. The van der Waals surface area contributed by atoms with Crippen LogP contribution in [0.15, 0.2) is 4.99 Å². The average molecular weight is 340 g/mol. The van der Waals surface area contributed by atoms with Crippen LogP contribution in [0.1, 0.15) is 33.6 Å². The van der Waals surface area contributed by atoms with Crippen molar-refractivity contribution in [3.05, 3.63) is 0 Å². The standard InChI is InChI=1S/C17H32N4O3/c1-16(2,3)24-15(22)20(5)10-8-19-14(18-4)21-9-6-17(12-21)7-11-23-13-17/h6-13H2,1-5H3,(H,18,19). The van der Waals surface area contributed by atoms with Crippen LogP contribution >= 0.6 is 0 Å². The number of amides is 1. The molecule has 1 N–H and O–H groups in total. The highest BCUT2D eigenvalue weighted by molar-refractivity contribution is 5.80. The van der Waals surface area contributed by atoms with E-state index in [4.69, 9.17) is 9.47 Å². The van der Waals surface area contributed by atoms with Gasteiger partial charge in [0.15, 0.2) is 5.96 Å². The summed E-state index contributed by atoms with van der Waals surface area (Å²) in [5.74, 6) is 0.899. The number of nitrogens with zero attached hydrogens (tertiary/aromatic N) is 3. The van der Waals surface area contributed by atoms with Gasteiger partial charge >= 0.3 is 6.09 Å². The van der Waals surface area contributed by atoms with E-state index in [1.54, 1.807) is 19.0 Å². The van der Waals surface area contributed by atoms with Gasteiger partial charge in [-0.3, -0.25) is 4.99 Å². The highest BCUT2D eigenvalue weighted by Gasteiger charge is 2.42. The minimum absolute atomic E-state index is 0.303. The van der Waals surface area contributed by atoms with E-state index in [1.165, 1.54) is 0 Å². The molecule has 0 aliphatic carbocycles. The molecule has 2 heterocycles. The van der Waals surface area contributed by atoms with Crippen molar-refractivity contribution in [1.29, 1.82) is 0 Å². The van der Waals surface area contributed by atoms with Crippen molar-refractivity contribution < 1.29 is 14.3 Å². The van der Waals surface area contributed by atoms with Crippen molar-refractivity contribution in [1.82, 2.24) is 15.1 Å². The number of nitrogens with one attached hydrogen (secondary N) is 1. The van der Waals surface area contributed by atoms with Crippen LogP contribution in [-0.4, -0.2) is 80.9 Å². The first kappa shape index (κ1) is 18.8. The Balaban J connectivity index is 1.75. The van der Waals surface area contributed by atoms with Crippen LogP contribution in [0.25, 0.3) is 0 Å². The van der Waals surface area contributed by atoms with Gasteiger partial charge in [0.05, 0.1) is 6.61 Å². The number of guanidine groups is 1. The average Bonchev–Trinajstić information content (AvgIpc) is 3.12. The highest BCUT2D eigenvalue weighted by atomic mass is 16.6. The molecule has 7 nitrogen and oxygen atoms in total. The summed E-state index contributed by atoms with van der Waals surface area (Å²) >= 11 is 0. The third-order valence-electron chi connectivity index (χ3n) is 4.57. The number of likely N-dealkylation sites (N-methyl/N-ethyl adjacent to an activating group) is 1. The van der Waals surface area contributed by atoms with Crippen molar-refractivity contribution in [2.45, 2.75) is 39.2 Å². The normalized spacial score (nSPS) is 24.5. The first-order valence-corrected chi connectivity index (χ1v) is 8.72. The third kappa shape index (κ3) is 5.00. The highest BCUT2D eigenvalue weighted by Crippen LogP contribution is 2.38. The minimum Gasteiger partial charge on any atom is -0.444 e. The van der Waals surface area contributed by atoms with Crippen LogP contribution in [0.5, 0.6) is 0 Å². The summed E-state index contributed by atoms with van der Waals surface area (Å²) in [5.41, 5.74) is -0.160. The second-order valence-corrected chi connectivity index (χ2v) is 7.85. The molecule has 24 heavy (non-hydrogen) atoms. The van der Waals surface area contributed by atoms with Crippen LogP contribution in [0.4, 0.5) is 4.79 Å². The summed E-state index contributed by atoms with van der Waals surface area (Å²) in [4.78, 5) is 20.2. The van der Waals surface area contributed by atoms with E-state index in [0.717, 1.165) is 45.1 Å².